The largest absolute Gasteiger partial charge is 0.318 e. The first kappa shape index (κ1) is 11.0. The molecule has 0 spiro atoms. The van der Waals surface area contributed by atoms with E-state index in [9.17, 15) is 0 Å². The number of likely N-dealkylation sites (N-methyl/N-ethyl adjacent to an activating group) is 1. The molecule has 1 saturated heterocycles. The first-order chi connectivity index (χ1) is 6.06. The Labute approximate surface area is 82.7 Å². The Morgan fingerprint density at radius 2 is 1.85 bits per heavy atom. The van der Waals surface area contributed by atoms with Crippen LogP contribution in [-0.4, -0.2) is 37.1 Å². The highest BCUT2D eigenvalue weighted by atomic mass is 15.2. The normalized spacial score (nSPS) is 22.2. The van der Waals surface area contributed by atoms with Crippen molar-refractivity contribution in [3.63, 3.8) is 0 Å². The van der Waals surface area contributed by atoms with Gasteiger partial charge in [0.05, 0.1) is 0 Å². The van der Waals surface area contributed by atoms with Crippen molar-refractivity contribution in [3.8, 4) is 0 Å². The molecule has 0 aromatic carbocycles. The molecule has 0 atom stereocenters. The second-order valence-electron chi connectivity index (χ2n) is 5.01. The minimum absolute atomic E-state index is 0.328. The molecular weight excluding hydrogens is 160 g/mol. The summed E-state index contributed by atoms with van der Waals surface area (Å²) in [4.78, 5) is 2.61. The van der Waals surface area contributed by atoms with Crippen LogP contribution in [0.15, 0.2) is 0 Å². The van der Waals surface area contributed by atoms with Gasteiger partial charge in [0, 0.05) is 12.1 Å². The molecule has 78 valence electrons. The number of rotatable bonds is 3. The Kier molecular flexibility index (Phi) is 3.74. The van der Waals surface area contributed by atoms with Gasteiger partial charge in [-0.2, -0.15) is 0 Å². The van der Waals surface area contributed by atoms with Crippen LogP contribution >= 0.6 is 0 Å². The number of nitrogens with one attached hydrogen (secondary N) is 1. The number of nitrogens with zero attached hydrogens (tertiary/aromatic N) is 1. The van der Waals surface area contributed by atoms with Crippen LogP contribution < -0.4 is 5.32 Å². The van der Waals surface area contributed by atoms with E-state index < -0.39 is 0 Å². The molecule has 2 heteroatoms. The summed E-state index contributed by atoms with van der Waals surface area (Å²) in [6, 6.07) is 0. The van der Waals surface area contributed by atoms with Crippen LogP contribution in [0.25, 0.3) is 0 Å². The average molecular weight is 184 g/mol. The highest BCUT2D eigenvalue weighted by Gasteiger charge is 2.28. The zero-order valence-electron chi connectivity index (χ0n) is 9.56. The lowest BCUT2D eigenvalue weighted by Gasteiger charge is -2.42. The van der Waals surface area contributed by atoms with Gasteiger partial charge in [0.2, 0.25) is 0 Å². The number of hydrogen-bond donors (Lipinski definition) is 1. The van der Waals surface area contributed by atoms with E-state index >= 15 is 0 Å². The van der Waals surface area contributed by atoms with Crippen LogP contribution in [0.4, 0.5) is 0 Å². The van der Waals surface area contributed by atoms with E-state index in [1.54, 1.807) is 0 Å². The molecule has 1 rings (SSSR count). The molecule has 0 unspecified atom stereocenters. The molecular formula is C11H24N2. The molecule has 1 heterocycles. The molecule has 0 aromatic rings. The molecule has 13 heavy (non-hydrogen) atoms. The third-order valence-electron chi connectivity index (χ3n) is 3.25. The van der Waals surface area contributed by atoms with Crippen LogP contribution in [0.3, 0.4) is 0 Å². The highest BCUT2D eigenvalue weighted by molar-refractivity contribution is 4.86. The number of hydrogen-bond acceptors (Lipinski definition) is 2. The topological polar surface area (TPSA) is 15.3 Å². The van der Waals surface area contributed by atoms with Crippen LogP contribution in [-0.2, 0) is 0 Å². The van der Waals surface area contributed by atoms with E-state index in [4.69, 9.17) is 0 Å². The van der Waals surface area contributed by atoms with Crippen molar-refractivity contribution in [2.24, 2.45) is 5.92 Å². The van der Waals surface area contributed by atoms with E-state index in [2.05, 4.69) is 31.0 Å². The van der Waals surface area contributed by atoms with E-state index in [0.717, 1.165) is 12.5 Å². The van der Waals surface area contributed by atoms with Gasteiger partial charge in [0.1, 0.15) is 0 Å². The summed E-state index contributed by atoms with van der Waals surface area (Å²) in [5, 5.41) is 3.27. The Morgan fingerprint density at radius 3 is 2.31 bits per heavy atom. The predicted octanol–water partition coefficient (Wildman–Crippen LogP) is 1.72. The van der Waals surface area contributed by atoms with Crippen molar-refractivity contribution in [1.29, 1.82) is 0 Å². The van der Waals surface area contributed by atoms with Gasteiger partial charge >= 0.3 is 0 Å². The fourth-order valence-electron chi connectivity index (χ4n) is 2.16. The number of likely N-dealkylation sites (tertiary alicyclic amines) is 1. The van der Waals surface area contributed by atoms with Crippen molar-refractivity contribution in [1.82, 2.24) is 10.2 Å². The van der Waals surface area contributed by atoms with Crippen LogP contribution in [0.2, 0.25) is 0 Å². The van der Waals surface area contributed by atoms with Gasteiger partial charge in [-0.1, -0.05) is 6.92 Å². The van der Waals surface area contributed by atoms with Crippen molar-refractivity contribution in [3.05, 3.63) is 0 Å². The summed E-state index contributed by atoms with van der Waals surface area (Å²) in [6.45, 7) is 10.7. The van der Waals surface area contributed by atoms with E-state index in [1.165, 1.54) is 25.9 Å². The summed E-state index contributed by atoms with van der Waals surface area (Å²) in [5.41, 5.74) is 0.328. The third kappa shape index (κ3) is 2.96. The standard InChI is InChI=1S/C11H24N2/c1-10-5-7-13(8-6-10)11(2,3)9-12-4/h10,12H,5-9H2,1-4H3. The molecule has 1 aliphatic rings. The van der Waals surface area contributed by atoms with Gasteiger partial charge in [-0.05, 0) is 52.7 Å². The Hall–Kier alpha value is -0.0800. The van der Waals surface area contributed by atoms with Gasteiger partial charge < -0.3 is 5.32 Å². The van der Waals surface area contributed by atoms with Gasteiger partial charge in [0.15, 0.2) is 0 Å². The van der Waals surface area contributed by atoms with E-state index in [-0.39, 0.29) is 0 Å². The van der Waals surface area contributed by atoms with Crippen LogP contribution in [0.5, 0.6) is 0 Å². The summed E-state index contributed by atoms with van der Waals surface area (Å²) < 4.78 is 0. The summed E-state index contributed by atoms with van der Waals surface area (Å²) >= 11 is 0. The predicted molar refractivity (Wildman–Crippen MR) is 58.0 cm³/mol. The molecule has 2 nitrogen and oxygen atoms in total. The van der Waals surface area contributed by atoms with Crippen molar-refractivity contribution < 1.29 is 0 Å². The SMILES string of the molecule is CNCC(C)(C)N1CCC(C)CC1. The Morgan fingerprint density at radius 1 is 1.31 bits per heavy atom. The van der Waals surface area contributed by atoms with E-state index in [0.29, 0.717) is 5.54 Å². The minimum atomic E-state index is 0.328. The minimum Gasteiger partial charge on any atom is -0.318 e. The van der Waals surface area contributed by atoms with Gasteiger partial charge in [0.25, 0.3) is 0 Å². The fourth-order valence-corrected chi connectivity index (χ4v) is 2.16. The second kappa shape index (κ2) is 4.43. The molecule has 0 amide bonds. The van der Waals surface area contributed by atoms with Crippen LogP contribution in [0.1, 0.15) is 33.6 Å². The maximum Gasteiger partial charge on any atom is 0.0277 e. The number of piperidine rings is 1. The zero-order valence-corrected chi connectivity index (χ0v) is 9.56. The van der Waals surface area contributed by atoms with Gasteiger partial charge in [-0.25, -0.2) is 0 Å². The van der Waals surface area contributed by atoms with Gasteiger partial charge in [-0.15, -0.1) is 0 Å². The molecule has 0 radical (unpaired) electrons. The molecule has 0 aromatic heterocycles. The van der Waals surface area contributed by atoms with Crippen LogP contribution in [0, 0.1) is 5.92 Å². The second-order valence-corrected chi connectivity index (χ2v) is 5.01. The quantitative estimate of drug-likeness (QED) is 0.718. The average Bonchev–Trinajstić information content (AvgIpc) is 2.05. The first-order valence-corrected chi connectivity index (χ1v) is 5.46. The monoisotopic (exact) mass is 184 g/mol. The summed E-state index contributed by atoms with van der Waals surface area (Å²) in [5.74, 6) is 0.932. The zero-order chi connectivity index (χ0) is 9.90. The molecule has 0 bridgehead atoms. The Bertz CT molecular complexity index is 146. The lowest BCUT2D eigenvalue weighted by atomic mass is 9.93. The molecule has 0 aliphatic carbocycles. The Balaban J connectivity index is 2.42. The lowest BCUT2D eigenvalue weighted by Crippen LogP contribution is -2.52. The lowest BCUT2D eigenvalue weighted by molar-refractivity contribution is 0.0792. The summed E-state index contributed by atoms with van der Waals surface area (Å²) in [7, 11) is 2.04. The van der Waals surface area contributed by atoms with Gasteiger partial charge in [-0.3, -0.25) is 4.90 Å². The van der Waals surface area contributed by atoms with E-state index in [1.807, 2.05) is 7.05 Å². The van der Waals surface area contributed by atoms with Crippen molar-refractivity contribution >= 4 is 0 Å². The first-order valence-electron chi connectivity index (χ1n) is 5.46. The highest BCUT2D eigenvalue weighted by Crippen LogP contribution is 2.23. The summed E-state index contributed by atoms with van der Waals surface area (Å²) in [6.07, 6.45) is 2.74. The molecule has 0 saturated carbocycles. The maximum absolute atomic E-state index is 3.27. The smallest absolute Gasteiger partial charge is 0.0277 e. The fraction of sp³-hybridized carbons (Fsp3) is 1.00. The molecule has 1 fully saturated rings. The van der Waals surface area contributed by atoms with Crippen molar-refractivity contribution in [2.75, 3.05) is 26.7 Å². The van der Waals surface area contributed by atoms with Crippen molar-refractivity contribution in [2.45, 2.75) is 39.2 Å². The molecule has 1 N–H and O–H groups in total. The third-order valence-corrected chi connectivity index (χ3v) is 3.25. The molecule has 1 aliphatic heterocycles. The maximum atomic E-state index is 3.27.